The lowest BCUT2D eigenvalue weighted by Crippen LogP contribution is -2.37. The average Bonchev–Trinajstić information content (AvgIpc) is 2.62. The molecule has 0 bridgehead atoms. The number of morpholine rings is 1. The molecule has 1 fully saturated rings. The maximum atomic E-state index is 9.10. The molecule has 7 nitrogen and oxygen atoms in total. The van der Waals surface area contributed by atoms with E-state index in [0.717, 1.165) is 57.0 Å². The molecule has 1 aromatic carbocycles. The van der Waals surface area contributed by atoms with Crippen LogP contribution < -0.4 is 4.74 Å². The smallest absolute Gasteiger partial charge is 0.414 e. The van der Waals surface area contributed by atoms with Crippen molar-refractivity contribution in [3.05, 3.63) is 41.4 Å². The molecule has 2 rings (SSSR count). The van der Waals surface area contributed by atoms with Crippen LogP contribution in [0.1, 0.15) is 12.0 Å². The Bertz CT molecular complexity index is 589. The lowest BCUT2D eigenvalue weighted by molar-refractivity contribution is -0.159. The number of allylic oxidation sites excluding steroid dienone is 1. The molecule has 1 aromatic rings. The molecular formula is C18H24ClNO6. The number of carboxylic acid groups (broad SMARTS) is 2. The fraction of sp³-hybridized carbons (Fsp3) is 0.444. The second kappa shape index (κ2) is 12.3. The summed E-state index contributed by atoms with van der Waals surface area (Å²) in [6.07, 6.45) is 3.64. The van der Waals surface area contributed by atoms with Crippen LogP contribution >= 0.6 is 11.6 Å². The highest BCUT2D eigenvalue weighted by atomic mass is 35.5. The highest BCUT2D eigenvalue weighted by Gasteiger charge is 2.11. The molecule has 0 spiro atoms. The number of carboxylic acids is 2. The lowest BCUT2D eigenvalue weighted by Gasteiger charge is -2.26. The van der Waals surface area contributed by atoms with Gasteiger partial charge in [-0.3, -0.25) is 4.90 Å². The van der Waals surface area contributed by atoms with Gasteiger partial charge < -0.3 is 19.7 Å². The van der Waals surface area contributed by atoms with Crippen molar-refractivity contribution in [3.63, 3.8) is 0 Å². The van der Waals surface area contributed by atoms with Crippen LogP contribution in [0.3, 0.4) is 0 Å². The Morgan fingerprint density at radius 1 is 1.27 bits per heavy atom. The van der Waals surface area contributed by atoms with Crippen molar-refractivity contribution in [2.45, 2.75) is 12.8 Å². The van der Waals surface area contributed by atoms with E-state index in [1.54, 1.807) is 0 Å². The van der Waals surface area contributed by atoms with Crippen LogP contribution in [0, 0.1) is 0 Å². The second-order valence-electron chi connectivity index (χ2n) is 5.49. The first-order chi connectivity index (χ1) is 12.5. The Balaban J connectivity index is 0.000000487. The lowest BCUT2D eigenvalue weighted by atomic mass is 10.1. The first-order valence-electron chi connectivity index (χ1n) is 8.23. The van der Waals surface area contributed by atoms with E-state index in [0.29, 0.717) is 11.6 Å². The van der Waals surface area contributed by atoms with Gasteiger partial charge in [-0.15, -0.1) is 6.58 Å². The Hall–Kier alpha value is -2.09. The van der Waals surface area contributed by atoms with Crippen LogP contribution in [0.15, 0.2) is 30.9 Å². The van der Waals surface area contributed by atoms with Crippen molar-refractivity contribution in [2.75, 3.05) is 39.5 Å². The number of carbonyl (C=O) groups is 2. The molecule has 1 aliphatic rings. The molecule has 1 aliphatic heterocycles. The quantitative estimate of drug-likeness (QED) is 0.422. The molecule has 0 aliphatic carbocycles. The van der Waals surface area contributed by atoms with Crippen LogP contribution in [0.4, 0.5) is 0 Å². The number of nitrogens with zero attached hydrogens (tertiary/aromatic N) is 1. The summed E-state index contributed by atoms with van der Waals surface area (Å²) in [5.41, 5.74) is 1.10. The largest absolute Gasteiger partial charge is 0.492 e. The van der Waals surface area contributed by atoms with Gasteiger partial charge in [0.1, 0.15) is 5.75 Å². The molecule has 0 unspecified atom stereocenters. The van der Waals surface area contributed by atoms with Gasteiger partial charge in [-0.2, -0.15) is 0 Å². The number of benzene rings is 1. The van der Waals surface area contributed by atoms with Gasteiger partial charge in [0.05, 0.1) is 24.8 Å². The van der Waals surface area contributed by atoms with E-state index in [-0.39, 0.29) is 0 Å². The molecule has 0 atom stereocenters. The van der Waals surface area contributed by atoms with Gasteiger partial charge in [-0.05, 0) is 24.5 Å². The van der Waals surface area contributed by atoms with Crippen LogP contribution in [-0.2, 0) is 20.7 Å². The fourth-order valence-corrected chi connectivity index (χ4v) is 2.57. The monoisotopic (exact) mass is 385 g/mol. The average molecular weight is 386 g/mol. The molecule has 8 heteroatoms. The second-order valence-corrected chi connectivity index (χ2v) is 5.89. The van der Waals surface area contributed by atoms with Gasteiger partial charge in [-0.25, -0.2) is 9.59 Å². The van der Waals surface area contributed by atoms with Crippen molar-refractivity contribution in [3.8, 4) is 5.75 Å². The zero-order valence-electron chi connectivity index (χ0n) is 14.5. The normalized spacial score (nSPS) is 14.0. The summed E-state index contributed by atoms with van der Waals surface area (Å²) in [4.78, 5) is 20.6. The number of rotatable bonds is 7. The van der Waals surface area contributed by atoms with E-state index >= 15 is 0 Å². The minimum atomic E-state index is -1.82. The third kappa shape index (κ3) is 8.33. The maximum Gasteiger partial charge on any atom is 0.414 e. The van der Waals surface area contributed by atoms with Crippen LogP contribution in [-0.4, -0.2) is 66.5 Å². The summed E-state index contributed by atoms with van der Waals surface area (Å²) >= 11 is 6.21. The van der Waals surface area contributed by atoms with E-state index < -0.39 is 11.9 Å². The third-order valence-electron chi connectivity index (χ3n) is 3.56. The highest BCUT2D eigenvalue weighted by Crippen LogP contribution is 2.29. The molecular weight excluding hydrogens is 362 g/mol. The van der Waals surface area contributed by atoms with Crippen LogP contribution in [0.2, 0.25) is 5.02 Å². The number of aliphatic carboxylic acids is 2. The minimum absolute atomic E-state index is 0.677. The first-order valence-corrected chi connectivity index (χ1v) is 8.61. The number of halogens is 1. The summed E-state index contributed by atoms with van der Waals surface area (Å²) in [5.74, 6) is -2.85. The van der Waals surface area contributed by atoms with E-state index in [2.05, 4.69) is 11.5 Å². The molecule has 0 aromatic heterocycles. The first kappa shape index (κ1) is 22.0. The van der Waals surface area contributed by atoms with Crippen molar-refractivity contribution in [1.29, 1.82) is 0 Å². The van der Waals surface area contributed by atoms with Gasteiger partial charge in [0, 0.05) is 19.6 Å². The summed E-state index contributed by atoms with van der Waals surface area (Å²) in [7, 11) is 0. The van der Waals surface area contributed by atoms with Gasteiger partial charge in [0.15, 0.2) is 0 Å². The number of ether oxygens (including phenoxy) is 2. The maximum absolute atomic E-state index is 9.10. The Morgan fingerprint density at radius 2 is 1.92 bits per heavy atom. The summed E-state index contributed by atoms with van der Waals surface area (Å²) in [6.45, 7) is 9.23. The molecule has 144 valence electrons. The molecule has 2 N–H and O–H groups in total. The molecule has 0 saturated carbocycles. The summed E-state index contributed by atoms with van der Waals surface area (Å²) in [6, 6.07) is 5.85. The van der Waals surface area contributed by atoms with E-state index in [9.17, 15) is 0 Å². The molecule has 1 saturated heterocycles. The zero-order valence-corrected chi connectivity index (χ0v) is 15.3. The van der Waals surface area contributed by atoms with Gasteiger partial charge in [-0.1, -0.05) is 29.8 Å². The van der Waals surface area contributed by atoms with E-state index in [1.165, 1.54) is 0 Å². The summed E-state index contributed by atoms with van der Waals surface area (Å²) in [5, 5.41) is 15.5. The predicted molar refractivity (Wildman–Crippen MR) is 98.0 cm³/mol. The van der Waals surface area contributed by atoms with Crippen LogP contribution in [0.5, 0.6) is 5.75 Å². The number of para-hydroxylation sites is 1. The molecule has 26 heavy (non-hydrogen) atoms. The fourth-order valence-electron chi connectivity index (χ4n) is 2.32. The molecule has 0 amide bonds. The van der Waals surface area contributed by atoms with Gasteiger partial charge in [0.25, 0.3) is 0 Å². The van der Waals surface area contributed by atoms with Crippen molar-refractivity contribution in [2.24, 2.45) is 0 Å². The number of hydrogen-bond donors (Lipinski definition) is 2. The van der Waals surface area contributed by atoms with Gasteiger partial charge >= 0.3 is 11.9 Å². The Labute approximate surface area is 157 Å². The van der Waals surface area contributed by atoms with E-state index in [4.69, 9.17) is 40.9 Å². The third-order valence-corrected chi connectivity index (χ3v) is 3.86. The van der Waals surface area contributed by atoms with Crippen molar-refractivity contribution in [1.82, 2.24) is 4.90 Å². The zero-order chi connectivity index (χ0) is 19.4. The SMILES string of the molecule is C=CCc1cccc(Cl)c1OCCCN1CCOCC1.O=C(O)C(=O)O. The van der Waals surface area contributed by atoms with Gasteiger partial charge in [0.2, 0.25) is 0 Å². The van der Waals surface area contributed by atoms with Crippen molar-refractivity contribution < 1.29 is 29.3 Å². The van der Waals surface area contributed by atoms with E-state index in [1.807, 2.05) is 24.3 Å². The minimum Gasteiger partial charge on any atom is -0.492 e. The molecule has 1 heterocycles. The standard InChI is InChI=1S/C16H22ClNO2.C2H2O4/c1-2-5-14-6-3-7-15(17)16(14)20-11-4-8-18-9-12-19-13-10-18;3-1(4)2(5)6/h2-3,6-7H,1,4-5,8-13H2;(H,3,4)(H,5,6). The number of hydrogen-bond acceptors (Lipinski definition) is 5. The highest BCUT2D eigenvalue weighted by molar-refractivity contribution is 6.32. The van der Waals surface area contributed by atoms with Crippen LogP contribution in [0.25, 0.3) is 0 Å². The predicted octanol–water partition coefficient (Wildman–Crippen LogP) is 2.33. The Kier molecular flexibility index (Phi) is 10.4. The molecule has 0 radical (unpaired) electrons. The van der Waals surface area contributed by atoms with Crippen molar-refractivity contribution >= 4 is 23.5 Å². The summed E-state index contributed by atoms with van der Waals surface area (Å²) < 4.78 is 11.2. The Morgan fingerprint density at radius 3 is 2.50 bits per heavy atom. The topological polar surface area (TPSA) is 96.3 Å².